The predicted octanol–water partition coefficient (Wildman–Crippen LogP) is 3.69. The zero-order chi connectivity index (χ0) is 12.8. The summed E-state index contributed by atoms with van der Waals surface area (Å²) in [6, 6.07) is 14.3. The Bertz CT molecular complexity index is 497. The van der Waals surface area contributed by atoms with Crippen LogP contribution in [0.15, 0.2) is 48.5 Å². The molecule has 3 heteroatoms. The van der Waals surface area contributed by atoms with Gasteiger partial charge in [0.25, 0.3) is 0 Å². The SMILES string of the molecule is Cc1cc(F)ccc1OCOCc1ccccc1. The first kappa shape index (κ1) is 12.6. The molecule has 0 aliphatic heterocycles. The number of rotatable bonds is 5. The van der Waals surface area contributed by atoms with E-state index in [4.69, 9.17) is 9.47 Å². The summed E-state index contributed by atoms with van der Waals surface area (Å²) < 4.78 is 23.7. The van der Waals surface area contributed by atoms with Gasteiger partial charge in [-0.1, -0.05) is 30.3 Å². The van der Waals surface area contributed by atoms with E-state index >= 15 is 0 Å². The second kappa shape index (κ2) is 6.17. The zero-order valence-electron chi connectivity index (χ0n) is 10.2. The van der Waals surface area contributed by atoms with Crippen LogP contribution in [-0.4, -0.2) is 6.79 Å². The molecule has 2 nitrogen and oxygen atoms in total. The van der Waals surface area contributed by atoms with Crippen LogP contribution in [0, 0.1) is 12.7 Å². The van der Waals surface area contributed by atoms with Crippen LogP contribution in [0.1, 0.15) is 11.1 Å². The monoisotopic (exact) mass is 246 g/mol. The van der Waals surface area contributed by atoms with Gasteiger partial charge in [-0.05, 0) is 36.2 Å². The molecule has 0 fully saturated rings. The first-order valence-electron chi connectivity index (χ1n) is 5.76. The molecule has 0 saturated carbocycles. The van der Waals surface area contributed by atoms with Gasteiger partial charge in [-0.2, -0.15) is 0 Å². The average molecular weight is 246 g/mol. The molecule has 0 radical (unpaired) electrons. The lowest BCUT2D eigenvalue weighted by molar-refractivity contribution is 0.00464. The van der Waals surface area contributed by atoms with Gasteiger partial charge in [-0.3, -0.25) is 0 Å². The highest BCUT2D eigenvalue weighted by molar-refractivity contribution is 5.32. The maximum absolute atomic E-state index is 12.9. The van der Waals surface area contributed by atoms with Crippen LogP contribution in [0.5, 0.6) is 5.75 Å². The van der Waals surface area contributed by atoms with E-state index in [0.29, 0.717) is 12.4 Å². The molecule has 0 saturated heterocycles. The number of benzene rings is 2. The quantitative estimate of drug-likeness (QED) is 0.591. The van der Waals surface area contributed by atoms with Crippen LogP contribution in [0.4, 0.5) is 4.39 Å². The Balaban J connectivity index is 1.79. The van der Waals surface area contributed by atoms with Crippen molar-refractivity contribution in [1.29, 1.82) is 0 Å². The minimum atomic E-state index is -0.259. The largest absolute Gasteiger partial charge is 0.467 e. The molecular weight excluding hydrogens is 231 g/mol. The summed E-state index contributed by atoms with van der Waals surface area (Å²) in [4.78, 5) is 0. The third-order valence-corrected chi connectivity index (χ3v) is 2.55. The summed E-state index contributed by atoms with van der Waals surface area (Å²) >= 11 is 0. The third kappa shape index (κ3) is 3.57. The molecule has 0 N–H and O–H groups in total. The Hall–Kier alpha value is -1.87. The van der Waals surface area contributed by atoms with E-state index in [1.807, 2.05) is 30.3 Å². The van der Waals surface area contributed by atoms with Crippen molar-refractivity contribution in [2.24, 2.45) is 0 Å². The summed E-state index contributed by atoms with van der Waals surface area (Å²) in [6.07, 6.45) is 0. The van der Waals surface area contributed by atoms with Crippen LogP contribution in [-0.2, 0) is 11.3 Å². The van der Waals surface area contributed by atoms with Crippen molar-refractivity contribution in [3.05, 3.63) is 65.5 Å². The minimum Gasteiger partial charge on any atom is -0.467 e. The van der Waals surface area contributed by atoms with Gasteiger partial charge in [0, 0.05) is 0 Å². The number of halogens is 1. The summed E-state index contributed by atoms with van der Waals surface area (Å²) in [5.41, 5.74) is 1.86. The first-order valence-corrected chi connectivity index (χ1v) is 5.76. The summed E-state index contributed by atoms with van der Waals surface area (Å²) in [7, 11) is 0. The molecule has 0 unspecified atom stereocenters. The average Bonchev–Trinajstić information content (AvgIpc) is 2.38. The van der Waals surface area contributed by atoms with Gasteiger partial charge < -0.3 is 9.47 Å². The smallest absolute Gasteiger partial charge is 0.189 e. The van der Waals surface area contributed by atoms with E-state index in [1.54, 1.807) is 13.0 Å². The van der Waals surface area contributed by atoms with Crippen LogP contribution in [0.2, 0.25) is 0 Å². The molecule has 0 spiro atoms. The standard InChI is InChI=1S/C15H15FO2/c1-12-9-14(16)7-8-15(12)18-11-17-10-13-5-3-2-4-6-13/h2-9H,10-11H2,1H3. The van der Waals surface area contributed by atoms with E-state index in [1.165, 1.54) is 12.1 Å². The summed E-state index contributed by atoms with van der Waals surface area (Å²) in [5, 5.41) is 0. The fourth-order valence-corrected chi connectivity index (χ4v) is 1.61. The van der Waals surface area contributed by atoms with Gasteiger partial charge in [0.05, 0.1) is 6.61 Å². The summed E-state index contributed by atoms with van der Waals surface area (Å²) in [5.74, 6) is 0.384. The Labute approximate surface area is 106 Å². The molecule has 0 aliphatic rings. The van der Waals surface area contributed by atoms with Crippen molar-refractivity contribution in [2.75, 3.05) is 6.79 Å². The molecule has 0 aromatic heterocycles. The zero-order valence-corrected chi connectivity index (χ0v) is 10.2. The molecule has 2 aromatic carbocycles. The highest BCUT2D eigenvalue weighted by Crippen LogP contribution is 2.18. The van der Waals surface area contributed by atoms with Crippen molar-refractivity contribution in [1.82, 2.24) is 0 Å². The third-order valence-electron chi connectivity index (χ3n) is 2.55. The fourth-order valence-electron chi connectivity index (χ4n) is 1.61. The van der Waals surface area contributed by atoms with Crippen molar-refractivity contribution < 1.29 is 13.9 Å². The minimum absolute atomic E-state index is 0.154. The predicted molar refractivity (Wildman–Crippen MR) is 67.9 cm³/mol. The van der Waals surface area contributed by atoms with Gasteiger partial charge in [0.2, 0.25) is 0 Å². The van der Waals surface area contributed by atoms with Crippen LogP contribution < -0.4 is 4.74 Å². The van der Waals surface area contributed by atoms with Gasteiger partial charge in [0.15, 0.2) is 6.79 Å². The molecule has 0 aliphatic carbocycles. The Kier molecular flexibility index (Phi) is 4.31. The number of hydrogen-bond acceptors (Lipinski definition) is 2. The normalized spacial score (nSPS) is 10.3. The van der Waals surface area contributed by atoms with Crippen molar-refractivity contribution in [3.8, 4) is 5.75 Å². The van der Waals surface area contributed by atoms with Gasteiger partial charge in [-0.15, -0.1) is 0 Å². The van der Waals surface area contributed by atoms with E-state index in [9.17, 15) is 4.39 Å². The van der Waals surface area contributed by atoms with Gasteiger partial charge >= 0.3 is 0 Å². The lowest BCUT2D eigenvalue weighted by Gasteiger charge is -2.09. The first-order chi connectivity index (χ1) is 8.75. The van der Waals surface area contributed by atoms with Crippen LogP contribution in [0.25, 0.3) is 0 Å². The molecule has 94 valence electrons. The Morgan fingerprint density at radius 1 is 1.06 bits per heavy atom. The van der Waals surface area contributed by atoms with E-state index in [2.05, 4.69) is 0 Å². The van der Waals surface area contributed by atoms with Crippen LogP contribution in [0.3, 0.4) is 0 Å². The molecule has 0 atom stereocenters. The molecule has 2 aromatic rings. The van der Waals surface area contributed by atoms with Crippen molar-refractivity contribution in [2.45, 2.75) is 13.5 Å². The highest BCUT2D eigenvalue weighted by Gasteiger charge is 2.00. The summed E-state index contributed by atoms with van der Waals surface area (Å²) in [6.45, 7) is 2.46. The fraction of sp³-hybridized carbons (Fsp3) is 0.200. The maximum Gasteiger partial charge on any atom is 0.189 e. The van der Waals surface area contributed by atoms with Gasteiger partial charge in [-0.25, -0.2) is 4.39 Å². The molecule has 0 heterocycles. The van der Waals surface area contributed by atoms with Crippen molar-refractivity contribution >= 4 is 0 Å². The molecule has 18 heavy (non-hydrogen) atoms. The molecule has 2 rings (SSSR count). The number of aryl methyl sites for hydroxylation is 1. The lowest BCUT2D eigenvalue weighted by atomic mass is 10.2. The molecule has 0 amide bonds. The van der Waals surface area contributed by atoms with E-state index in [-0.39, 0.29) is 12.6 Å². The molecule has 0 bridgehead atoms. The van der Waals surface area contributed by atoms with Gasteiger partial charge in [0.1, 0.15) is 11.6 Å². The van der Waals surface area contributed by atoms with E-state index < -0.39 is 0 Å². The van der Waals surface area contributed by atoms with Crippen molar-refractivity contribution in [3.63, 3.8) is 0 Å². The lowest BCUT2D eigenvalue weighted by Crippen LogP contribution is -2.04. The highest BCUT2D eigenvalue weighted by atomic mass is 19.1. The van der Waals surface area contributed by atoms with E-state index in [0.717, 1.165) is 11.1 Å². The topological polar surface area (TPSA) is 18.5 Å². The number of ether oxygens (including phenoxy) is 2. The Morgan fingerprint density at radius 3 is 2.56 bits per heavy atom. The Morgan fingerprint density at radius 2 is 1.83 bits per heavy atom. The number of hydrogen-bond donors (Lipinski definition) is 0. The second-order valence-corrected chi connectivity index (χ2v) is 4.01. The van der Waals surface area contributed by atoms with Crippen LogP contribution >= 0.6 is 0 Å². The maximum atomic E-state index is 12.9. The molecular formula is C15H15FO2. The second-order valence-electron chi connectivity index (χ2n) is 4.01.